The molecule has 0 amide bonds. The summed E-state index contributed by atoms with van der Waals surface area (Å²) in [6, 6.07) is 7.73. The fourth-order valence-electron chi connectivity index (χ4n) is 3.78. The summed E-state index contributed by atoms with van der Waals surface area (Å²) in [5, 5.41) is 3.42. The van der Waals surface area contributed by atoms with Crippen LogP contribution >= 0.6 is 24.0 Å². The maximum Gasteiger partial charge on any atom is 0.218 e. The molecule has 3 rings (SSSR count). The van der Waals surface area contributed by atoms with Crippen molar-refractivity contribution in [3.63, 3.8) is 0 Å². The second-order valence-electron chi connectivity index (χ2n) is 8.27. The summed E-state index contributed by atoms with van der Waals surface area (Å²) >= 11 is 0. The van der Waals surface area contributed by atoms with Crippen LogP contribution in [0.3, 0.4) is 0 Å². The zero-order valence-corrected chi connectivity index (χ0v) is 20.7. The van der Waals surface area contributed by atoms with E-state index in [1.807, 2.05) is 24.3 Å². The summed E-state index contributed by atoms with van der Waals surface area (Å²) in [7, 11) is -1.56. The molecule has 2 fully saturated rings. The lowest BCUT2D eigenvalue weighted by Gasteiger charge is -2.27. The smallest absolute Gasteiger partial charge is 0.218 e. The van der Waals surface area contributed by atoms with Gasteiger partial charge in [0.1, 0.15) is 0 Å². The Hall–Kier alpha value is -0.910. The van der Waals surface area contributed by atoms with Gasteiger partial charge in [-0.15, -0.1) is 24.0 Å². The molecule has 0 spiro atoms. The van der Waals surface area contributed by atoms with E-state index in [4.69, 9.17) is 4.74 Å². The van der Waals surface area contributed by atoms with Crippen molar-refractivity contribution >= 4 is 40.0 Å². The maximum absolute atomic E-state index is 12.8. The van der Waals surface area contributed by atoms with Gasteiger partial charge in [0.2, 0.25) is 10.0 Å². The molecule has 1 N–H and O–H groups in total. The Labute approximate surface area is 192 Å². The van der Waals surface area contributed by atoms with Gasteiger partial charge in [-0.2, -0.15) is 4.31 Å². The molecule has 1 aromatic carbocycles. The standard InChI is InChI=1S/C20H32N4O3S.HI/c1-20(2)8-9-23(16-20)19(21-3)22-14-17-6-4-5-7-18(17)15-28(25,26)24-10-12-27-13-11-24;/h4-7H,8-16H2,1-3H3,(H,21,22);1H. The van der Waals surface area contributed by atoms with Gasteiger partial charge in [-0.3, -0.25) is 4.99 Å². The van der Waals surface area contributed by atoms with E-state index in [2.05, 4.69) is 29.1 Å². The minimum Gasteiger partial charge on any atom is -0.379 e. The fraction of sp³-hybridized carbons (Fsp3) is 0.650. The highest BCUT2D eigenvalue weighted by Gasteiger charge is 2.31. The molecule has 2 heterocycles. The number of guanidine groups is 1. The first-order valence-corrected chi connectivity index (χ1v) is 11.5. The molecule has 164 valence electrons. The number of morpholine rings is 1. The number of rotatable bonds is 5. The van der Waals surface area contributed by atoms with E-state index in [-0.39, 0.29) is 29.7 Å². The summed E-state index contributed by atoms with van der Waals surface area (Å²) in [4.78, 5) is 6.69. The van der Waals surface area contributed by atoms with Crippen LogP contribution in [0.25, 0.3) is 0 Å². The zero-order valence-electron chi connectivity index (χ0n) is 17.6. The molecule has 7 nitrogen and oxygen atoms in total. The van der Waals surface area contributed by atoms with Crippen LogP contribution in [0.5, 0.6) is 0 Å². The number of sulfonamides is 1. The first-order valence-electron chi connectivity index (χ1n) is 9.89. The van der Waals surface area contributed by atoms with Crippen molar-refractivity contribution in [2.45, 2.75) is 32.6 Å². The highest BCUT2D eigenvalue weighted by atomic mass is 127. The van der Waals surface area contributed by atoms with Crippen molar-refractivity contribution in [1.29, 1.82) is 0 Å². The SMILES string of the molecule is CN=C(NCc1ccccc1CS(=O)(=O)N1CCOCC1)N1CCC(C)(C)C1.I. The minimum atomic E-state index is -3.35. The predicted octanol–water partition coefficient (Wildman–Crippen LogP) is 2.27. The quantitative estimate of drug-likeness (QED) is 0.355. The summed E-state index contributed by atoms with van der Waals surface area (Å²) < 4.78 is 32.4. The zero-order chi connectivity index (χ0) is 20.2. The summed E-state index contributed by atoms with van der Waals surface area (Å²) in [6.45, 7) is 8.84. The summed E-state index contributed by atoms with van der Waals surface area (Å²) in [6.07, 6.45) is 1.14. The minimum absolute atomic E-state index is 0. The molecule has 2 aliphatic rings. The van der Waals surface area contributed by atoms with Crippen LogP contribution in [-0.4, -0.2) is 70.0 Å². The number of hydrogen-bond acceptors (Lipinski definition) is 4. The van der Waals surface area contributed by atoms with Crippen LogP contribution in [0.2, 0.25) is 0 Å². The molecule has 0 aromatic heterocycles. The Balaban J connectivity index is 0.00000300. The van der Waals surface area contributed by atoms with E-state index < -0.39 is 10.0 Å². The van der Waals surface area contributed by atoms with Crippen molar-refractivity contribution in [2.75, 3.05) is 46.4 Å². The van der Waals surface area contributed by atoms with Crippen LogP contribution in [0, 0.1) is 5.41 Å². The largest absolute Gasteiger partial charge is 0.379 e. The summed E-state index contributed by atoms with van der Waals surface area (Å²) in [5.41, 5.74) is 2.11. The number of nitrogens with zero attached hydrogens (tertiary/aromatic N) is 3. The van der Waals surface area contributed by atoms with Crippen LogP contribution < -0.4 is 5.32 Å². The second-order valence-corrected chi connectivity index (χ2v) is 10.2. The number of nitrogens with one attached hydrogen (secondary N) is 1. The third kappa shape index (κ3) is 6.53. The van der Waals surface area contributed by atoms with Crippen LogP contribution in [-0.2, 0) is 27.1 Å². The average Bonchev–Trinajstić information content (AvgIpc) is 3.03. The van der Waals surface area contributed by atoms with E-state index in [1.165, 1.54) is 4.31 Å². The van der Waals surface area contributed by atoms with Gasteiger partial charge in [0.25, 0.3) is 0 Å². The number of halogens is 1. The number of hydrogen-bond donors (Lipinski definition) is 1. The molecule has 9 heteroatoms. The number of ether oxygens (including phenoxy) is 1. The lowest BCUT2D eigenvalue weighted by atomic mass is 9.93. The van der Waals surface area contributed by atoms with Crippen molar-refractivity contribution in [3.8, 4) is 0 Å². The molecule has 0 atom stereocenters. The van der Waals surface area contributed by atoms with Crippen molar-refractivity contribution in [1.82, 2.24) is 14.5 Å². The number of aliphatic imine (C=N–C) groups is 1. The van der Waals surface area contributed by atoms with Crippen molar-refractivity contribution in [2.24, 2.45) is 10.4 Å². The van der Waals surface area contributed by atoms with Gasteiger partial charge in [0.15, 0.2) is 5.96 Å². The monoisotopic (exact) mass is 536 g/mol. The van der Waals surface area contributed by atoms with E-state index >= 15 is 0 Å². The van der Waals surface area contributed by atoms with E-state index in [0.29, 0.717) is 38.3 Å². The molecule has 0 saturated carbocycles. The van der Waals surface area contributed by atoms with Gasteiger partial charge in [-0.05, 0) is 23.0 Å². The van der Waals surface area contributed by atoms with Gasteiger partial charge in [0.05, 0.1) is 19.0 Å². The number of benzene rings is 1. The molecule has 2 saturated heterocycles. The first kappa shape index (κ1) is 24.4. The van der Waals surface area contributed by atoms with Crippen molar-refractivity contribution in [3.05, 3.63) is 35.4 Å². The molecule has 1 aromatic rings. The molecule has 0 radical (unpaired) electrons. The normalized spacial score (nSPS) is 20.4. The average molecular weight is 536 g/mol. The van der Waals surface area contributed by atoms with Gasteiger partial charge < -0.3 is 15.0 Å². The molecule has 2 aliphatic heterocycles. The van der Waals surface area contributed by atoms with E-state index in [0.717, 1.165) is 36.6 Å². The van der Waals surface area contributed by atoms with Gasteiger partial charge >= 0.3 is 0 Å². The van der Waals surface area contributed by atoms with Gasteiger partial charge in [-0.1, -0.05) is 38.1 Å². The molecule has 0 aliphatic carbocycles. The molecular formula is C20H33IN4O3S. The predicted molar refractivity (Wildman–Crippen MR) is 127 cm³/mol. The molecule has 29 heavy (non-hydrogen) atoms. The van der Waals surface area contributed by atoms with Gasteiger partial charge in [-0.25, -0.2) is 8.42 Å². The number of likely N-dealkylation sites (tertiary alicyclic amines) is 1. The molecular weight excluding hydrogens is 503 g/mol. The second kappa shape index (κ2) is 10.4. The fourth-order valence-corrected chi connectivity index (χ4v) is 5.35. The third-order valence-corrected chi connectivity index (χ3v) is 7.27. The van der Waals surface area contributed by atoms with Crippen LogP contribution in [0.1, 0.15) is 31.4 Å². The molecule has 0 bridgehead atoms. The molecule has 0 unspecified atom stereocenters. The Morgan fingerprint density at radius 1 is 1.17 bits per heavy atom. The topological polar surface area (TPSA) is 74.2 Å². The Morgan fingerprint density at radius 2 is 1.83 bits per heavy atom. The van der Waals surface area contributed by atoms with E-state index in [1.54, 1.807) is 7.05 Å². The lowest BCUT2D eigenvalue weighted by Crippen LogP contribution is -2.41. The summed E-state index contributed by atoms with van der Waals surface area (Å²) in [5.74, 6) is 0.886. The third-order valence-electron chi connectivity index (χ3n) is 5.45. The van der Waals surface area contributed by atoms with Crippen molar-refractivity contribution < 1.29 is 13.2 Å². The van der Waals surface area contributed by atoms with Crippen LogP contribution in [0.4, 0.5) is 0 Å². The Morgan fingerprint density at radius 3 is 2.41 bits per heavy atom. The maximum atomic E-state index is 12.8. The lowest BCUT2D eigenvalue weighted by molar-refractivity contribution is 0.0729. The van der Waals surface area contributed by atoms with Gasteiger partial charge in [0, 0.05) is 39.8 Å². The highest BCUT2D eigenvalue weighted by molar-refractivity contribution is 14.0. The van der Waals surface area contributed by atoms with E-state index in [9.17, 15) is 8.42 Å². The Kier molecular flexibility index (Phi) is 8.74. The highest BCUT2D eigenvalue weighted by Crippen LogP contribution is 2.28. The first-order chi connectivity index (χ1) is 13.3. The Bertz CT molecular complexity index is 808. The van der Waals surface area contributed by atoms with Crippen LogP contribution in [0.15, 0.2) is 29.3 Å².